The highest BCUT2D eigenvalue weighted by Crippen LogP contribution is 2.17. The van der Waals surface area contributed by atoms with Crippen molar-refractivity contribution >= 4 is 17.6 Å². The SMILES string of the molecule is CC(C)COCCC(Cc1cccc(Cl)c1)C(=O)O. The molecule has 0 heterocycles. The Hall–Kier alpha value is -1.06. The third kappa shape index (κ3) is 6.60. The Labute approximate surface area is 119 Å². The second-order valence-electron chi connectivity index (χ2n) is 5.13. The minimum atomic E-state index is -0.784. The van der Waals surface area contributed by atoms with Crippen molar-refractivity contribution in [2.45, 2.75) is 26.7 Å². The van der Waals surface area contributed by atoms with Crippen molar-refractivity contribution in [3.05, 3.63) is 34.9 Å². The molecule has 4 heteroatoms. The number of hydrogen-bond acceptors (Lipinski definition) is 2. The normalized spacial score (nSPS) is 12.6. The van der Waals surface area contributed by atoms with Crippen molar-refractivity contribution in [1.29, 1.82) is 0 Å². The topological polar surface area (TPSA) is 46.5 Å². The zero-order valence-electron chi connectivity index (χ0n) is 11.4. The van der Waals surface area contributed by atoms with Crippen LogP contribution in [0.2, 0.25) is 5.02 Å². The van der Waals surface area contributed by atoms with Gasteiger partial charge in [0.15, 0.2) is 0 Å². The van der Waals surface area contributed by atoms with Gasteiger partial charge in [-0.25, -0.2) is 0 Å². The molecule has 3 nitrogen and oxygen atoms in total. The maximum absolute atomic E-state index is 11.2. The molecule has 0 saturated heterocycles. The summed E-state index contributed by atoms with van der Waals surface area (Å²) in [5.41, 5.74) is 0.948. The number of carboxylic acids is 1. The second kappa shape index (κ2) is 8.18. The predicted molar refractivity (Wildman–Crippen MR) is 76.6 cm³/mol. The summed E-state index contributed by atoms with van der Waals surface area (Å²) in [7, 11) is 0. The van der Waals surface area contributed by atoms with Crippen molar-refractivity contribution < 1.29 is 14.6 Å². The summed E-state index contributed by atoms with van der Waals surface area (Å²) in [5, 5.41) is 9.86. The number of carbonyl (C=O) groups is 1. The molecule has 0 bridgehead atoms. The van der Waals surface area contributed by atoms with Gasteiger partial charge in [0.25, 0.3) is 0 Å². The van der Waals surface area contributed by atoms with Gasteiger partial charge < -0.3 is 9.84 Å². The number of rotatable bonds is 8. The predicted octanol–water partition coefficient (Wildman–Crippen LogP) is 3.65. The third-order valence-corrected chi connectivity index (χ3v) is 3.02. The van der Waals surface area contributed by atoms with Crippen LogP contribution in [0, 0.1) is 11.8 Å². The van der Waals surface area contributed by atoms with Crippen LogP contribution < -0.4 is 0 Å². The fourth-order valence-electron chi connectivity index (χ4n) is 1.81. The van der Waals surface area contributed by atoms with E-state index in [9.17, 15) is 9.90 Å². The molecule has 106 valence electrons. The minimum absolute atomic E-state index is 0.425. The van der Waals surface area contributed by atoms with Crippen molar-refractivity contribution in [3.63, 3.8) is 0 Å². The van der Waals surface area contributed by atoms with Gasteiger partial charge in [0, 0.05) is 18.2 Å². The molecule has 0 spiro atoms. The molecule has 19 heavy (non-hydrogen) atoms. The molecule has 0 saturated carbocycles. The van der Waals surface area contributed by atoms with E-state index in [1.165, 1.54) is 0 Å². The average Bonchev–Trinajstić information content (AvgIpc) is 2.32. The van der Waals surface area contributed by atoms with Gasteiger partial charge in [-0.3, -0.25) is 4.79 Å². The van der Waals surface area contributed by atoms with Crippen LogP contribution in [0.25, 0.3) is 0 Å². The van der Waals surface area contributed by atoms with E-state index in [0.717, 1.165) is 5.56 Å². The Morgan fingerprint density at radius 1 is 1.42 bits per heavy atom. The number of benzene rings is 1. The highest BCUT2D eigenvalue weighted by Gasteiger charge is 2.18. The van der Waals surface area contributed by atoms with Gasteiger partial charge in [0.2, 0.25) is 0 Å². The molecular formula is C15H21ClO3. The van der Waals surface area contributed by atoms with Crippen LogP contribution in [-0.2, 0) is 16.0 Å². The lowest BCUT2D eigenvalue weighted by Crippen LogP contribution is -2.19. The second-order valence-corrected chi connectivity index (χ2v) is 5.56. The van der Waals surface area contributed by atoms with E-state index < -0.39 is 11.9 Å². The standard InChI is InChI=1S/C15H21ClO3/c1-11(2)10-19-7-6-13(15(17)18)8-12-4-3-5-14(16)9-12/h3-5,9,11,13H,6-8,10H2,1-2H3,(H,17,18). The van der Waals surface area contributed by atoms with Gasteiger partial charge in [0.1, 0.15) is 0 Å². The molecule has 1 aromatic carbocycles. The van der Waals surface area contributed by atoms with Crippen LogP contribution in [-0.4, -0.2) is 24.3 Å². The first-order valence-electron chi connectivity index (χ1n) is 6.54. The largest absolute Gasteiger partial charge is 0.481 e. The Morgan fingerprint density at radius 2 is 2.16 bits per heavy atom. The first-order valence-corrected chi connectivity index (χ1v) is 6.92. The van der Waals surface area contributed by atoms with Crippen LogP contribution in [0.5, 0.6) is 0 Å². The molecule has 1 rings (SSSR count). The fraction of sp³-hybridized carbons (Fsp3) is 0.533. The van der Waals surface area contributed by atoms with E-state index >= 15 is 0 Å². The molecule has 0 amide bonds. The minimum Gasteiger partial charge on any atom is -0.481 e. The molecular weight excluding hydrogens is 264 g/mol. The fourth-order valence-corrected chi connectivity index (χ4v) is 2.02. The number of hydrogen-bond donors (Lipinski definition) is 1. The number of halogens is 1. The van der Waals surface area contributed by atoms with Gasteiger partial charge in [-0.1, -0.05) is 37.6 Å². The monoisotopic (exact) mass is 284 g/mol. The lowest BCUT2D eigenvalue weighted by atomic mass is 9.97. The molecule has 0 aliphatic carbocycles. The van der Waals surface area contributed by atoms with Crippen LogP contribution in [0.1, 0.15) is 25.8 Å². The van der Waals surface area contributed by atoms with Gasteiger partial charge in [-0.15, -0.1) is 0 Å². The molecule has 0 aliphatic rings. The summed E-state index contributed by atoms with van der Waals surface area (Å²) in [5.74, 6) is -0.741. The summed E-state index contributed by atoms with van der Waals surface area (Å²) < 4.78 is 5.45. The quantitative estimate of drug-likeness (QED) is 0.741. The highest BCUT2D eigenvalue weighted by atomic mass is 35.5. The van der Waals surface area contributed by atoms with Crippen molar-refractivity contribution in [2.75, 3.05) is 13.2 Å². The Kier molecular flexibility index (Phi) is 6.89. The van der Waals surface area contributed by atoms with Crippen molar-refractivity contribution in [3.8, 4) is 0 Å². The summed E-state index contributed by atoms with van der Waals surface area (Å²) in [6.07, 6.45) is 1.01. The molecule has 1 N–H and O–H groups in total. The molecule has 0 aliphatic heterocycles. The summed E-state index contributed by atoms with van der Waals surface area (Å²) in [6, 6.07) is 7.34. The lowest BCUT2D eigenvalue weighted by molar-refractivity contribution is -0.142. The van der Waals surface area contributed by atoms with Crippen LogP contribution in [0.4, 0.5) is 0 Å². The van der Waals surface area contributed by atoms with Gasteiger partial charge in [-0.05, 0) is 36.5 Å². The maximum atomic E-state index is 11.2. The van der Waals surface area contributed by atoms with E-state index in [1.54, 1.807) is 6.07 Å². The van der Waals surface area contributed by atoms with Gasteiger partial charge in [-0.2, -0.15) is 0 Å². The molecule has 1 atom stereocenters. The van der Waals surface area contributed by atoms with E-state index in [1.807, 2.05) is 18.2 Å². The zero-order chi connectivity index (χ0) is 14.3. The third-order valence-electron chi connectivity index (χ3n) is 2.78. The number of carboxylic acid groups (broad SMARTS) is 1. The Balaban J connectivity index is 2.47. The van der Waals surface area contributed by atoms with Gasteiger partial charge in [0.05, 0.1) is 5.92 Å². The lowest BCUT2D eigenvalue weighted by Gasteiger charge is -2.13. The molecule has 1 aromatic rings. The van der Waals surface area contributed by atoms with Gasteiger partial charge >= 0.3 is 5.97 Å². The van der Waals surface area contributed by atoms with E-state index in [4.69, 9.17) is 16.3 Å². The molecule has 0 radical (unpaired) electrons. The molecule has 0 aromatic heterocycles. The first kappa shape index (κ1) is 16.0. The van der Waals surface area contributed by atoms with Crippen LogP contribution in [0.3, 0.4) is 0 Å². The zero-order valence-corrected chi connectivity index (χ0v) is 12.2. The molecule has 0 fully saturated rings. The van der Waals surface area contributed by atoms with E-state index in [-0.39, 0.29) is 0 Å². The van der Waals surface area contributed by atoms with Crippen molar-refractivity contribution in [1.82, 2.24) is 0 Å². The maximum Gasteiger partial charge on any atom is 0.306 e. The molecule has 1 unspecified atom stereocenters. The van der Waals surface area contributed by atoms with E-state index in [0.29, 0.717) is 37.0 Å². The Bertz CT molecular complexity index is 404. The summed E-state index contributed by atoms with van der Waals surface area (Å²) >= 11 is 5.90. The van der Waals surface area contributed by atoms with Crippen molar-refractivity contribution in [2.24, 2.45) is 11.8 Å². The van der Waals surface area contributed by atoms with Crippen LogP contribution in [0.15, 0.2) is 24.3 Å². The van der Waals surface area contributed by atoms with Crippen LogP contribution >= 0.6 is 11.6 Å². The highest BCUT2D eigenvalue weighted by molar-refractivity contribution is 6.30. The first-order chi connectivity index (χ1) is 8.99. The Morgan fingerprint density at radius 3 is 2.74 bits per heavy atom. The summed E-state index contributed by atoms with van der Waals surface area (Å²) in [6.45, 7) is 5.29. The number of ether oxygens (including phenoxy) is 1. The van der Waals surface area contributed by atoms with E-state index in [2.05, 4.69) is 13.8 Å². The smallest absolute Gasteiger partial charge is 0.306 e. The number of aliphatic carboxylic acids is 1. The summed E-state index contributed by atoms with van der Waals surface area (Å²) in [4.78, 5) is 11.2. The average molecular weight is 285 g/mol.